The van der Waals surface area contributed by atoms with Crippen LogP contribution in [-0.2, 0) is 4.79 Å². The van der Waals surface area contributed by atoms with Crippen LogP contribution in [-0.4, -0.2) is 23.1 Å². The molecule has 2 unspecified atom stereocenters. The molecule has 5 nitrogen and oxygen atoms in total. The van der Waals surface area contributed by atoms with Gasteiger partial charge in [-0.3, -0.25) is 4.79 Å². The first-order chi connectivity index (χ1) is 9.47. The van der Waals surface area contributed by atoms with Gasteiger partial charge in [0.1, 0.15) is 5.82 Å². The molecule has 1 aliphatic carbocycles. The Hall–Kier alpha value is -1.82. The molecule has 1 aliphatic rings. The number of aliphatic carboxylic acids is 1. The van der Waals surface area contributed by atoms with Crippen LogP contribution in [0.15, 0.2) is 18.2 Å². The first kappa shape index (κ1) is 14.6. The van der Waals surface area contributed by atoms with E-state index in [-0.39, 0.29) is 5.69 Å². The minimum absolute atomic E-state index is 0.0418. The molecule has 0 radical (unpaired) electrons. The highest BCUT2D eigenvalue weighted by Gasteiger charge is 2.33. The summed E-state index contributed by atoms with van der Waals surface area (Å²) in [5.41, 5.74) is -0.0418. The fourth-order valence-corrected chi connectivity index (χ4v) is 2.52. The third-order valence-corrected chi connectivity index (χ3v) is 3.56. The van der Waals surface area contributed by atoms with E-state index in [1.165, 1.54) is 12.1 Å². The molecular weight excluding hydrogens is 287 g/mol. The van der Waals surface area contributed by atoms with Crippen LogP contribution in [0.4, 0.5) is 14.9 Å². The summed E-state index contributed by atoms with van der Waals surface area (Å²) in [6, 6.07) is 2.74. The average molecular weight is 301 g/mol. The van der Waals surface area contributed by atoms with Crippen molar-refractivity contribution >= 4 is 29.3 Å². The van der Waals surface area contributed by atoms with E-state index >= 15 is 0 Å². The molecule has 2 atom stereocenters. The van der Waals surface area contributed by atoms with E-state index in [0.717, 1.165) is 12.5 Å². The van der Waals surface area contributed by atoms with Crippen LogP contribution in [0.2, 0.25) is 5.02 Å². The maximum Gasteiger partial charge on any atom is 0.319 e. The molecule has 1 fully saturated rings. The summed E-state index contributed by atoms with van der Waals surface area (Å²) in [5.74, 6) is -2.13. The third-order valence-electron chi connectivity index (χ3n) is 3.33. The van der Waals surface area contributed by atoms with E-state index in [1.807, 2.05) is 0 Å². The van der Waals surface area contributed by atoms with Crippen LogP contribution >= 0.6 is 11.6 Å². The zero-order valence-electron chi connectivity index (χ0n) is 10.5. The Balaban J connectivity index is 1.99. The summed E-state index contributed by atoms with van der Waals surface area (Å²) in [6.07, 6.45) is 1.88. The number of hydrogen-bond donors (Lipinski definition) is 3. The molecule has 0 aromatic heterocycles. The molecule has 0 bridgehead atoms. The Kier molecular flexibility index (Phi) is 4.44. The smallest absolute Gasteiger partial charge is 0.319 e. The molecule has 0 saturated heterocycles. The highest BCUT2D eigenvalue weighted by atomic mass is 35.5. The van der Waals surface area contributed by atoms with Gasteiger partial charge in [0, 0.05) is 11.1 Å². The number of nitrogens with one attached hydrogen (secondary N) is 2. The standard InChI is InChI=1S/C13H14ClFN2O3/c14-7-4-5-9(15)11(6-7)17-13(20)16-10-3-1-2-8(10)12(18)19/h4-6,8,10H,1-3H2,(H,18,19)(H2,16,17,20). The van der Waals surface area contributed by atoms with Gasteiger partial charge in [-0.1, -0.05) is 18.0 Å². The highest BCUT2D eigenvalue weighted by Crippen LogP contribution is 2.26. The summed E-state index contributed by atoms with van der Waals surface area (Å²) < 4.78 is 13.5. The second-order valence-electron chi connectivity index (χ2n) is 4.70. The van der Waals surface area contributed by atoms with Gasteiger partial charge in [-0.05, 0) is 31.0 Å². The number of anilines is 1. The number of amides is 2. The topological polar surface area (TPSA) is 78.4 Å². The number of urea groups is 1. The molecule has 2 rings (SSSR count). The molecular formula is C13H14ClFN2O3. The van der Waals surface area contributed by atoms with Crippen molar-refractivity contribution in [2.45, 2.75) is 25.3 Å². The van der Waals surface area contributed by atoms with Crippen molar-refractivity contribution in [3.05, 3.63) is 29.0 Å². The second-order valence-corrected chi connectivity index (χ2v) is 5.14. The van der Waals surface area contributed by atoms with Crippen LogP contribution in [0.1, 0.15) is 19.3 Å². The number of carboxylic acid groups (broad SMARTS) is 1. The van der Waals surface area contributed by atoms with Crippen LogP contribution < -0.4 is 10.6 Å². The first-order valence-corrected chi connectivity index (χ1v) is 6.60. The lowest BCUT2D eigenvalue weighted by molar-refractivity contribution is -0.142. The summed E-state index contributed by atoms with van der Waals surface area (Å²) in [6.45, 7) is 0. The van der Waals surface area contributed by atoms with Crippen molar-refractivity contribution in [3.63, 3.8) is 0 Å². The lowest BCUT2D eigenvalue weighted by Gasteiger charge is -2.18. The highest BCUT2D eigenvalue weighted by molar-refractivity contribution is 6.30. The monoisotopic (exact) mass is 300 g/mol. The van der Waals surface area contributed by atoms with E-state index in [2.05, 4.69) is 10.6 Å². The molecule has 1 aromatic rings. The van der Waals surface area contributed by atoms with Crippen LogP contribution in [0.5, 0.6) is 0 Å². The molecule has 0 aliphatic heterocycles. The van der Waals surface area contributed by atoms with Gasteiger partial charge in [0.05, 0.1) is 11.6 Å². The lowest BCUT2D eigenvalue weighted by atomic mass is 10.0. The predicted molar refractivity (Wildman–Crippen MR) is 72.3 cm³/mol. The minimum Gasteiger partial charge on any atom is -0.481 e. The Bertz CT molecular complexity index is 538. The first-order valence-electron chi connectivity index (χ1n) is 6.23. The normalized spacial score (nSPS) is 21.5. The van der Waals surface area contributed by atoms with Gasteiger partial charge < -0.3 is 15.7 Å². The van der Waals surface area contributed by atoms with Crippen LogP contribution in [0.3, 0.4) is 0 Å². The molecule has 2 amide bonds. The summed E-state index contributed by atoms with van der Waals surface area (Å²) >= 11 is 5.72. The SMILES string of the molecule is O=C(Nc1cc(Cl)ccc1F)NC1CCCC1C(=O)O. The number of rotatable bonds is 3. The zero-order valence-corrected chi connectivity index (χ0v) is 11.3. The fourth-order valence-electron chi connectivity index (χ4n) is 2.35. The molecule has 20 heavy (non-hydrogen) atoms. The summed E-state index contributed by atoms with van der Waals surface area (Å²) in [7, 11) is 0. The lowest BCUT2D eigenvalue weighted by Crippen LogP contribution is -2.42. The van der Waals surface area contributed by atoms with Crippen molar-refractivity contribution in [3.8, 4) is 0 Å². The van der Waals surface area contributed by atoms with Gasteiger partial charge in [0.15, 0.2) is 0 Å². The van der Waals surface area contributed by atoms with Crippen LogP contribution in [0.25, 0.3) is 0 Å². The fraction of sp³-hybridized carbons (Fsp3) is 0.385. The summed E-state index contributed by atoms with van der Waals surface area (Å²) in [5, 5.41) is 14.2. The molecule has 1 saturated carbocycles. The Morgan fingerprint density at radius 2 is 2.10 bits per heavy atom. The molecule has 1 aromatic carbocycles. The molecule has 7 heteroatoms. The van der Waals surface area contributed by atoms with Crippen molar-refractivity contribution in [2.75, 3.05) is 5.32 Å². The zero-order chi connectivity index (χ0) is 14.7. The van der Waals surface area contributed by atoms with Crippen LogP contribution in [0, 0.1) is 11.7 Å². The van der Waals surface area contributed by atoms with Gasteiger partial charge in [-0.2, -0.15) is 0 Å². The largest absolute Gasteiger partial charge is 0.481 e. The van der Waals surface area contributed by atoms with Crippen molar-refractivity contribution < 1.29 is 19.1 Å². The number of carbonyl (C=O) groups excluding carboxylic acids is 1. The van der Waals surface area contributed by atoms with E-state index in [0.29, 0.717) is 17.9 Å². The van der Waals surface area contributed by atoms with Gasteiger partial charge in [-0.15, -0.1) is 0 Å². The maximum atomic E-state index is 13.5. The van der Waals surface area contributed by atoms with E-state index in [4.69, 9.17) is 16.7 Å². The Morgan fingerprint density at radius 1 is 1.35 bits per heavy atom. The molecule has 3 N–H and O–H groups in total. The van der Waals surface area contributed by atoms with Gasteiger partial charge in [-0.25, -0.2) is 9.18 Å². The average Bonchev–Trinajstić information content (AvgIpc) is 2.82. The third kappa shape index (κ3) is 3.39. The van der Waals surface area contributed by atoms with Gasteiger partial charge in [0.25, 0.3) is 0 Å². The van der Waals surface area contributed by atoms with E-state index < -0.39 is 29.8 Å². The number of carbonyl (C=O) groups is 2. The van der Waals surface area contributed by atoms with Gasteiger partial charge in [0.2, 0.25) is 0 Å². The Morgan fingerprint density at radius 3 is 2.80 bits per heavy atom. The molecule has 0 spiro atoms. The maximum absolute atomic E-state index is 13.5. The molecule has 0 heterocycles. The molecule has 108 valence electrons. The minimum atomic E-state index is -0.929. The van der Waals surface area contributed by atoms with Crippen molar-refractivity contribution in [2.24, 2.45) is 5.92 Å². The Labute approximate surface area is 120 Å². The van der Waals surface area contributed by atoms with Crippen molar-refractivity contribution in [1.29, 1.82) is 0 Å². The van der Waals surface area contributed by atoms with Gasteiger partial charge >= 0.3 is 12.0 Å². The number of benzene rings is 1. The van der Waals surface area contributed by atoms with E-state index in [9.17, 15) is 14.0 Å². The number of hydrogen-bond acceptors (Lipinski definition) is 2. The van der Waals surface area contributed by atoms with Crippen molar-refractivity contribution in [1.82, 2.24) is 5.32 Å². The number of halogens is 2. The predicted octanol–water partition coefficient (Wildman–Crippen LogP) is 2.85. The number of carboxylic acids is 1. The van der Waals surface area contributed by atoms with E-state index in [1.54, 1.807) is 0 Å². The summed E-state index contributed by atoms with van der Waals surface area (Å²) in [4.78, 5) is 22.8. The quantitative estimate of drug-likeness (QED) is 0.803. The second kappa shape index (κ2) is 6.09.